The van der Waals surface area contributed by atoms with Crippen LogP contribution in [0.3, 0.4) is 0 Å². The second kappa shape index (κ2) is 6.42. The van der Waals surface area contributed by atoms with Gasteiger partial charge in [0.2, 0.25) is 0 Å². The van der Waals surface area contributed by atoms with E-state index in [9.17, 15) is 0 Å². The molecule has 0 bridgehead atoms. The van der Waals surface area contributed by atoms with Crippen LogP contribution in [0.2, 0.25) is 10.0 Å². The highest BCUT2D eigenvalue weighted by atomic mass is 35.5. The zero-order valence-corrected chi connectivity index (χ0v) is 12.6. The molecule has 0 amide bonds. The number of nitrogens with one attached hydrogen (secondary N) is 1. The van der Waals surface area contributed by atoms with Crippen LogP contribution in [0.1, 0.15) is 31.2 Å². The van der Waals surface area contributed by atoms with Crippen LogP contribution in [0, 0.1) is 0 Å². The first-order chi connectivity index (χ1) is 9.08. The molecule has 3 nitrogen and oxygen atoms in total. The maximum atomic E-state index is 6.19. The highest BCUT2D eigenvalue weighted by Crippen LogP contribution is 2.39. The predicted molar refractivity (Wildman–Crippen MR) is 79.5 cm³/mol. The van der Waals surface area contributed by atoms with Gasteiger partial charge in [-0.2, -0.15) is 0 Å². The van der Waals surface area contributed by atoms with Gasteiger partial charge in [-0.1, -0.05) is 23.2 Å². The number of hydrazine groups is 1. The summed E-state index contributed by atoms with van der Waals surface area (Å²) in [7, 11) is 1.78. The Hall–Kier alpha value is -0.320. The van der Waals surface area contributed by atoms with Crippen LogP contribution >= 0.6 is 23.2 Å². The molecular formula is C14H20Cl2N2O. The van der Waals surface area contributed by atoms with E-state index in [0.29, 0.717) is 5.02 Å². The van der Waals surface area contributed by atoms with Crippen LogP contribution < -0.4 is 11.3 Å². The fourth-order valence-electron chi connectivity index (χ4n) is 2.67. The van der Waals surface area contributed by atoms with Crippen molar-refractivity contribution >= 4 is 23.2 Å². The molecule has 1 atom stereocenters. The van der Waals surface area contributed by atoms with Crippen molar-refractivity contribution in [2.75, 3.05) is 7.11 Å². The molecule has 1 aliphatic rings. The Morgan fingerprint density at radius 1 is 1.42 bits per heavy atom. The van der Waals surface area contributed by atoms with Crippen molar-refractivity contribution in [3.05, 3.63) is 33.8 Å². The lowest BCUT2D eigenvalue weighted by Gasteiger charge is -2.42. The Morgan fingerprint density at radius 2 is 2.16 bits per heavy atom. The van der Waals surface area contributed by atoms with Gasteiger partial charge in [-0.15, -0.1) is 0 Å². The van der Waals surface area contributed by atoms with Crippen LogP contribution in [-0.4, -0.2) is 18.8 Å². The summed E-state index contributed by atoms with van der Waals surface area (Å²) < 4.78 is 5.64. The van der Waals surface area contributed by atoms with Crippen LogP contribution in [0.15, 0.2) is 18.2 Å². The third-order valence-corrected chi connectivity index (χ3v) is 4.63. The first kappa shape index (κ1) is 15.1. The Kier molecular flexibility index (Phi) is 5.09. The average Bonchev–Trinajstić information content (AvgIpc) is 2.36. The molecule has 1 saturated carbocycles. The summed E-state index contributed by atoms with van der Waals surface area (Å²) in [6.07, 6.45) is 5.07. The predicted octanol–water partition coefficient (Wildman–Crippen LogP) is 3.33. The van der Waals surface area contributed by atoms with E-state index in [0.717, 1.165) is 36.3 Å². The van der Waals surface area contributed by atoms with Crippen molar-refractivity contribution in [3.63, 3.8) is 0 Å². The van der Waals surface area contributed by atoms with Crippen molar-refractivity contribution in [2.45, 2.75) is 43.7 Å². The summed E-state index contributed by atoms with van der Waals surface area (Å²) in [5.41, 5.74) is 3.88. The van der Waals surface area contributed by atoms with E-state index in [2.05, 4.69) is 5.43 Å². The normalized spacial score (nSPS) is 18.9. The second-order valence-corrected chi connectivity index (χ2v) is 6.09. The van der Waals surface area contributed by atoms with Crippen LogP contribution in [-0.2, 0) is 11.2 Å². The van der Waals surface area contributed by atoms with Gasteiger partial charge >= 0.3 is 0 Å². The summed E-state index contributed by atoms with van der Waals surface area (Å²) in [6, 6.07) is 5.65. The fourth-order valence-corrected chi connectivity index (χ4v) is 3.06. The van der Waals surface area contributed by atoms with Gasteiger partial charge in [0.1, 0.15) is 0 Å². The largest absolute Gasteiger partial charge is 0.378 e. The monoisotopic (exact) mass is 302 g/mol. The van der Waals surface area contributed by atoms with Crippen LogP contribution in [0.5, 0.6) is 0 Å². The number of rotatable bonds is 6. The molecule has 106 valence electrons. The molecule has 5 heteroatoms. The number of hydrogen-bond donors (Lipinski definition) is 2. The quantitative estimate of drug-likeness (QED) is 0.626. The Labute approximate surface area is 124 Å². The molecule has 1 aliphatic carbocycles. The molecule has 0 spiro atoms. The van der Waals surface area contributed by atoms with Crippen LogP contribution in [0.4, 0.5) is 0 Å². The molecular weight excluding hydrogens is 283 g/mol. The Bertz CT molecular complexity index is 430. The first-order valence-electron chi connectivity index (χ1n) is 6.54. The van der Waals surface area contributed by atoms with E-state index in [-0.39, 0.29) is 11.6 Å². The fraction of sp³-hybridized carbons (Fsp3) is 0.571. The molecule has 1 fully saturated rings. The lowest BCUT2D eigenvalue weighted by molar-refractivity contribution is -0.0834. The summed E-state index contributed by atoms with van der Waals surface area (Å²) in [5, 5.41) is 1.42. The average molecular weight is 303 g/mol. The highest BCUT2D eigenvalue weighted by molar-refractivity contribution is 6.33. The molecule has 0 aromatic heterocycles. The molecule has 0 radical (unpaired) electrons. The summed E-state index contributed by atoms with van der Waals surface area (Å²) in [5.74, 6) is 5.67. The number of ether oxygens (including phenoxy) is 1. The Morgan fingerprint density at radius 3 is 2.68 bits per heavy atom. The third-order valence-electron chi connectivity index (χ3n) is 4.03. The van der Waals surface area contributed by atoms with Gasteiger partial charge < -0.3 is 4.74 Å². The molecule has 0 aliphatic heterocycles. The topological polar surface area (TPSA) is 47.3 Å². The van der Waals surface area contributed by atoms with Crippen molar-refractivity contribution in [1.29, 1.82) is 0 Å². The van der Waals surface area contributed by atoms with E-state index < -0.39 is 0 Å². The van der Waals surface area contributed by atoms with Gasteiger partial charge in [-0.3, -0.25) is 11.3 Å². The second-order valence-electron chi connectivity index (χ2n) is 5.25. The maximum Gasteiger partial charge on any atom is 0.0694 e. The van der Waals surface area contributed by atoms with Gasteiger partial charge in [-0.25, -0.2) is 0 Å². The number of benzene rings is 1. The van der Waals surface area contributed by atoms with Crippen molar-refractivity contribution in [3.8, 4) is 0 Å². The molecule has 0 saturated heterocycles. The SMILES string of the molecule is COC1(CC(Cc2cc(Cl)ccc2Cl)NN)CCC1. The standard InChI is InChI=1S/C14H20Cl2N2O/c1-19-14(5-2-6-14)9-12(18-17)8-10-7-11(15)3-4-13(10)16/h3-4,7,12,18H,2,5-6,8-9,17H2,1H3. The molecule has 19 heavy (non-hydrogen) atoms. The first-order valence-corrected chi connectivity index (χ1v) is 7.29. The third kappa shape index (κ3) is 3.61. The van der Waals surface area contributed by atoms with Crippen molar-refractivity contribution in [2.24, 2.45) is 5.84 Å². The molecule has 0 heterocycles. The van der Waals surface area contributed by atoms with Gasteiger partial charge in [0, 0.05) is 23.2 Å². The van der Waals surface area contributed by atoms with E-state index in [1.54, 1.807) is 13.2 Å². The summed E-state index contributed by atoms with van der Waals surface area (Å²) >= 11 is 12.2. The maximum absolute atomic E-state index is 6.19. The zero-order valence-electron chi connectivity index (χ0n) is 11.1. The molecule has 1 aromatic carbocycles. The van der Waals surface area contributed by atoms with Crippen LogP contribution in [0.25, 0.3) is 0 Å². The van der Waals surface area contributed by atoms with Gasteiger partial charge in [0.25, 0.3) is 0 Å². The molecule has 1 unspecified atom stereocenters. The summed E-state index contributed by atoms with van der Waals surface area (Å²) in [6.45, 7) is 0. The summed E-state index contributed by atoms with van der Waals surface area (Å²) in [4.78, 5) is 0. The van der Waals surface area contributed by atoms with Gasteiger partial charge in [-0.05, 0) is 55.9 Å². The molecule has 3 N–H and O–H groups in total. The Balaban J connectivity index is 2.04. The van der Waals surface area contributed by atoms with E-state index in [1.807, 2.05) is 12.1 Å². The minimum Gasteiger partial charge on any atom is -0.378 e. The van der Waals surface area contributed by atoms with E-state index >= 15 is 0 Å². The van der Waals surface area contributed by atoms with E-state index in [4.69, 9.17) is 33.8 Å². The highest BCUT2D eigenvalue weighted by Gasteiger charge is 2.38. The van der Waals surface area contributed by atoms with Gasteiger partial charge in [0.15, 0.2) is 0 Å². The number of nitrogens with two attached hydrogens (primary N) is 1. The molecule has 1 aromatic rings. The van der Waals surface area contributed by atoms with Gasteiger partial charge in [0.05, 0.1) is 5.60 Å². The minimum absolute atomic E-state index is 0.0118. The minimum atomic E-state index is -0.0118. The van der Waals surface area contributed by atoms with Crippen molar-refractivity contribution < 1.29 is 4.74 Å². The lowest BCUT2D eigenvalue weighted by atomic mass is 9.75. The van der Waals surface area contributed by atoms with Crippen molar-refractivity contribution in [1.82, 2.24) is 5.43 Å². The van der Waals surface area contributed by atoms with E-state index in [1.165, 1.54) is 6.42 Å². The number of hydrogen-bond acceptors (Lipinski definition) is 3. The number of halogens is 2. The lowest BCUT2D eigenvalue weighted by Crippen LogP contribution is -2.48. The number of methoxy groups -OCH3 is 1. The zero-order chi connectivity index (χ0) is 13.9. The molecule has 2 rings (SSSR count). The smallest absolute Gasteiger partial charge is 0.0694 e.